The summed E-state index contributed by atoms with van der Waals surface area (Å²) in [5.41, 5.74) is 0. The van der Waals surface area contributed by atoms with Gasteiger partial charge in [-0.3, -0.25) is 18.2 Å². The van der Waals surface area contributed by atoms with Crippen LogP contribution in [-0.4, -0.2) is 36.1 Å². The second kappa shape index (κ2) is 14.2. The Morgan fingerprint density at radius 2 is 1.21 bits per heavy atom. The highest BCUT2D eigenvalue weighted by molar-refractivity contribution is 7.82. The molecule has 0 radical (unpaired) electrons. The van der Waals surface area contributed by atoms with Crippen molar-refractivity contribution < 1.29 is 41.0 Å². The molecule has 1 unspecified atom stereocenters. The third-order valence-corrected chi connectivity index (χ3v) is 12.9. The highest BCUT2D eigenvalue weighted by Gasteiger charge is 2.64. The van der Waals surface area contributed by atoms with Gasteiger partial charge in [0, 0.05) is 14.2 Å². The molecule has 0 spiro atoms. The fraction of sp³-hybridized carbons (Fsp3) is 1.00. The SMILES string of the molecule is CCCCCCOP(=O)(OCCCCCC)OP(=O)(O)C(Cl)(Cl)P(=O)(OC)OC. The standard InChI is InChI=1S/C15H33Cl2O9P3/c1-5-7-9-11-13-24-29(21,25-14-12-10-8-6-2)26-27(18,19)15(16,17)28(20,22-3)23-4/h5-14H2,1-4H3,(H,18,19). The minimum absolute atomic E-state index is 0.0317. The largest absolute Gasteiger partial charge is 0.482 e. The molecule has 0 aliphatic heterocycles. The van der Waals surface area contributed by atoms with E-state index in [-0.39, 0.29) is 13.2 Å². The average Bonchev–Trinajstić information content (AvgIpc) is 2.66. The molecule has 0 fully saturated rings. The summed E-state index contributed by atoms with van der Waals surface area (Å²) in [6, 6.07) is 0. The summed E-state index contributed by atoms with van der Waals surface area (Å²) >= 11 is 11.7. The number of alkyl halides is 2. The van der Waals surface area contributed by atoms with E-state index < -0.39 is 26.8 Å². The van der Waals surface area contributed by atoms with E-state index >= 15 is 0 Å². The van der Waals surface area contributed by atoms with Gasteiger partial charge >= 0.3 is 26.8 Å². The van der Waals surface area contributed by atoms with E-state index in [9.17, 15) is 18.6 Å². The van der Waals surface area contributed by atoms with Crippen molar-refractivity contribution in [3.05, 3.63) is 0 Å². The molecule has 1 atom stereocenters. The van der Waals surface area contributed by atoms with Gasteiger partial charge in [-0.15, -0.1) is 0 Å². The number of hydrogen-bond acceptors (Lipinski definition) is 8. The number of unbranched alkanes of at least 4 members (excludes halogenated alkanes) is 6. The summed E-state index contributed by atoms with van der Waals surface area (Å²) in [5.74, 6) is 0. The molecule has 0 saturated carbocycles. The molecule has 0 bridgehead atoms. The van der Waals surface area contributed by atoms with Gasteiger partial charge in [-0.1, -0.05) is 75.6 Å². The molecule has 29 heavy (non-hydrogen) atoms. The lowest BCUT2D eigenvalue weighted by atomic mass is 10.2. The van der Waals surface area contributed by atoms with E-state index in [2.05, 4.69) is 9.05 Å². The lowest BCUT2D eigenvalue weighted by Gasteiger charge is -2.31. The van der Waals surface area contributed by atoms with Crippen molar-refractivity contribution in [2.75, 3.05) is 27.4 Å². The van der Waals surface area contributed by atoms with Gasteiger partial charge in [-0.05, 0) is 12.8 Å². The number of rotatable bonds is 18. The van der Waals surface area contributed by atoms with E-state index in [4.69, 9.17) is 36.6 Å². The first-order valence-corrected chi connectivity index (χ1v) is 14.8. The maximum atomic E-state index is 13.0. The predicted octanol–water partition coefficient (Wildman–Crippen LogP) is 7.07. The van der Waals surface area contributed by atoms with Crippen molar-refractivity contribution in [3.63, 3.8) is 0 Å². The summed E-state index contributed by atoms with van der Waals surface area (Å²) in [5, 5.41) is 0. The van der Waals surface area contributed by atoms with E-state index in [1.165, 1.54) is 0 Å². The van der Waals surface area contributed by atoms with Crippen LogP contribution in [0.15, 0.2) is 0 Å². The molecule has 0 aromatic carbocycles. The fourth-order valence-electron chi connectivity index (χ4n) is 2.13. The molecule has 0 amide bonds. The van der Waals surface area contributed by atoms with Gasteiger partial charge in [0.05, 0.1) is 13.2 Å². The summed E-state index contributed by atoms with van der Waals surface area (Å²) in [4.78, 5) is 10.3. The van der Waals surface area contributed by atoms with Gasteiger partial charge < -0.3 is 13.9 Å². The normalized spacial score (nSPS) is 15.4. The zero-order valence-corrected chi connectivity index (χ0v) is 21.6. The maximum Gasteiger partial charge on any atom is 0.482 e. The fourth-order valence-corrected chi connectivity index (χ4v) is 8.79. The summed E-state index contributed by atoms with van der Waals surface area (Å²) in [6.07, 6.45) is 6.55. The van der Waals surface area contributed by atoms with Gasteiger partial charge in [0.2, 0.25) is 0 Å². The van der Waals surface area contributed by atoms with Crippen LogP contribution in [0.2, 0.25) is 0 Å². The van der Waals surface area contributed by atoms with Gasteiger partial charge in [0.1, 0.15) is 0 Å². The summed E-state index contributed by atoms with van der Waals surface area (Å²) < 4.78 is 59.4. The van der Waals surface area contributed by atoms with E-state index in [1.54, 1.807) is 0 Å². The quantitative estimate of drug-likeness (QED) is 0.115. The molecular formula is C15H33Cl2O9P3. The van der Waals surface area contributed by atoms with Crippen molar-refractivity contribution in [3.8, 4) is 0 Å². The predicted molar refractivity (Wildman–Crippen MR) is 115 cm³/mol. The van der Waals surface area contributed by atoms with Crippen LogP contribution in [-0.2, 0) is 36.1 Å². The van der Waals surface area contributed by atoms with Crippen LogP contribution in [0.4, 0.5) is 0 Å². The summed E-state index contributed by atoms with van der Waals surface area (Å²) in [7, 11) is -12.5. The maximum absolute atomic E-state index is 13.0. The topological polar surface area (TPSA) is 118 Å². The highest BCUT2D eigenvalue weighted by Crippen LogP contribution is 2.83. The molecular weight excluding hydrogens is 488 g/mol. The number of hydrogen-bond donors (Lipinski definition) is 1. The molecule has 14 heteroatoms. The van der Waals surface area contributed by atoms with E-state index in [0.29, 0.717) is 12.8 Å². The molecule has 176 valence electrons. The van der Waals surface area contributed by atoms with Crippen molar-refractivity contribution in [2.45, 2.75) is 69.0 Å². The first-order chi connectivity index (χ1) is 13.4. The number of phosphoric acid groups is 1. The highest BCUT2D eigenvalue weighted by atomic mass is 35.5. The average molecular weight is 521 g/mol. The Bertz CT molecular complexity index is 578. The third-order valence-electron chi connectivity index (χ3n) is 3.86. The molecule has 0 aliphatic carbocycles. The molecule has 0 rings (SSSR count). The van der Waals surface area contributed by atoms with Crippen LogP contribution in [0.25, 0.3) is 0 Å². The van der Waals surface area contributed by atoms with Crippen molar-refractivity contribution in [1.82, 2.24) is 0 Å². The Morgan fingerprint density at radius 1 is 0.793 bits per heavy atom. The zero-order valence-electron chi connectivity index (χ0n) is 17.4. The van der Waals surface area contributed by atoms with Crippen LogP contribution in [0, 0.1) is 0 Å². The third kappa shape index (κ3) is 9.59. The second-order valence-electron chi connectivity index (χ2n) is 6.21. The first-order valence-electron chi connectivity index (χ1n) is 9.48. The minimum Gasteiger partial charge on any atom is -0.321 e. The lowest BCUT2D eigenvalue weighted by Crippen LogP contribution is -2.18. The van der Waals surface area contributed by atoms with Crippen molar-refractivity contribution >= 4 is 46.2 Å². The zero-order chi connectivity index (χ0) is 22.6. The smallest absolute Gasteiger partial charge is 0.321 e. The van der Waals surface area contributed by atoms with Crippen LogP contribution in [0.5, 0.6) is 0 Å². The Labute approximate surface area is 183 Å². The van der Waals surface area contributed by atoms with Crippen molar-refractivity contribution in [2.24, 2.45) is 0 Å². The minimum atomic E-state index is -5.29. The van der Waals surface area contributed by atoms with Gasteiger partial charge in [-0.25, -0.2) is 8.88 Å². The Balaban J connectivity index is 5.34. The molecule has 0 saturated heterocycles. The molecule has 0 aromatic rings. The lowest BCUT2D eigenvalue weighted by molar-refractivity contribution is 0.146. The Hall–Kier alpha value is 1.03. The number of phosphoric ester groups is 1. The van der Waals surface area contributed by atoms with Gasteiger partial charge in [0.15, 0.2) is 0 Å². The number of halogens is 2. The van der Waals surface area contributed by atoms with Gasteiger partial charge in [-0.2, -0.15) is 0 Å². The molecule has 0 aliphatic rings. The van der Waals surface area contributed by atoms with E-state index in [1.807, 2.05) is 13.8 Å². The van der Waals surface area contributed by atoms with Crippen LogP contribution in [0.3, 0.4) is 0 Å². The first kappa shape index (κ1) is 30.0. The Kier molecular flexibility index (Phi) is 14.7. The van der Waals surface area contributed by atoms with Crippen molar-refractivity contribution in [1.29, 1.82) is 0 Å². The van der Waals surface area contributed by atoms with E-state index in [0.717, 1.165) is 52.7 Å². The molecule has 0 aromatic heterocycles. The Morgan fingerprint density at radius 3 is 1.55 bits per heavy atom. The van der Waals surface area contributed by atoms with Crippen LogP contribution < -0.4 is 0 Å². The summed E-state index contributed by atoms with van der Waals surface area (Å²) in [6.45, 7) is 3.99. The van der Waals surface area contributed by atoms with Crippen LogP contribution in [0.1, 0.15) is 65.2 Å². The molecule has 1 N–H and O–H groups in total. The second-order valence-corrected chi connectivity index (χ2v) is 15.1. The van der Waals surface area contributed by atoms with Crippen LogP contribution >= 0.6 is 46.2 Å². The molecule has 0 heterocycles. The molecule has 9 nitrogen and oxygen atoms in total. The van der Waals surface area contributed by atoms with Gasteiger partial charge in [0.25, 0.3) is 0 Å². The monoisotopic (exact) mass is 520 g/mol.